The van der Waals surface area contributed by atoms with Crippen LogP contribution in [0, 0.1) is 0 Å². The van der Waals surface area contributed by atoms with Crippen molar-refractivity contribution in [3.05, 3.63) is 58.6 Å². The van der Waals surface area contributed by atoms with Crippen molar-refractivity contribution in [1.82, 2.24) is 0 Å². The van der Waals surface area contributed by atoms with Crippen LogP contribution in [-0.2, 0) is 0 Å². The fourth-order valence-electron chi connectivity index (χ4n) is 2.05. The molecule has 1 aliphatic rings. The van der Waals surface area contributed by atoms with E-state index < -0.39 is 0 Å². The minimum atomic E-state index is 0.412. The molecule has 0 radical (unpaired) electrons. The number of fused-ring (bicyclic) bond motifs is 1. The highest BCUT2D eigenvalue weighted by molar-refractivity contribution is 9.10. The molecule has 17 heavy (non-hydrogen) atoms. The van der Waals surface area contributed by atoms with Gasteiger partial charge in [0.25, 0.3) is 0 Å². The highest BCUT2D eigenvalue weighted by atomic mass is 79.9. The molecule has 1 heterocycles. The SMILES string of the molecule is Brc1ccccc1NC1CSc2ccccc21. The number of rotatable bonds is 2. The number of hydrogen-bond donors (Lipinski definition) is 1. The van der Waals surface area contributed by atoms with Crippen molar-refractivity contribution in [1.29, 1.82) is 0 Å². The van der Waals surface area contributed by atoms with Crippen LogP contribution in [0.1, 0.15) is 11.6 Å². The summed E-state index contributed by atoms with van der Waals surface area (Å²) in [5, 5.41) is 3.60. The van der Waals surface area contributed by atoms with Crippen LogP contribution in [0.2, 0.25) is 0 Å². The number of thioether (sulfide) groups is 1. The average molecular weight is 306 g/mol. The van der Waals surface area contributed by atoms with Crippen LogP contribution in [0.5, 0.6) is 0 Å². The number of anilines is 1. The van der Waals surface area contributed by atoms with Gasteiger partial charge in [-0.1, -0.05) is 30.3 Å². The van der Waals surface area contributed by atoms with Crippen molar-refractivity contribution < 1.29 is 0 Å². The molecule has 3 heteroatoms. The van der Waals surface area contributed by atoms with Gasteiger partial charge in [-0.25, -0.2) is 0 Å². The lowest BCUT2D eigenvalue weighted by Gasteiger charge is -2.15. The van der Waals surface area contributed by atoms with Gasteiger partial charge in [0.2, 0.25) is 0 Å². The standard InChI is InChI=1S/C14H12BrNS/c15-11-6-2-3-7-12(11)16-13-9-17-14-8-4-1-5-10(13)14/h1-8,13,16H,9H2. The topological polar surface area (TPSA) is 12.0 Å². The first-order chi connectivity index (χ1) is 8.34. The van der Waals surface area contributed by atoms with Crippen molar-refractivity contribution in [3.63, 3.8) is 0 Å². The van der Waals surface area contributed by atoms with Crippen LogP contribution in [0.25, 0.3) is 0 Å². The molecular formula is C14H12BrNS. The average Bonchev–Trinajstić information content (AvgIpc) is 2.76. The Morgan fingerprint density at radius 1 is 1.06 bits per heavy atom. The molecule has 0 aromatic heterocycles. The summed E-state index contributed by atoms with van der Waals surface area (Å²) >= 11 is 5.50. The van der Waals surface area contributed by atoms with Gasteiger partial charge in [0.1, 0.15) is 0 Å². The monoisotopic (exact) mass is 305 g/mol. The van der Waals surface area contributed by atoms with Crippen LogP contribution in [0.4, 0.5) is 5.69 Å². The van der Waals surface area contributed by atoms with Crippen molar-refractivity contribution in [2.24, 2.45) is 0 Å². The van der Waals surface area contributed by atoms with Gasteiger partial charge in [-0.2, -0.15) is 0 Å². The van der Waals surface area contributed by atoms with E-state index in [4.69, 9.17) is 0 Å². The molecule has 1 unspecified atom stereocenters. The number of benzene rings is 2. The second-order valence-electron chi connectivity index (χ2n) is 4.03. The number of hydrogen-bond acceptors (Lipinski definition) is 2. The number of para-hydroxylation sites is 1. The summed E-state index contributed by atoms with van der Waals surface area (Å²) in [5.41, 5.74) is 2.57. The molecule has 0 fully saturated rings. The summed E-state index contributed by atoms with van der Waals surface area (Å²) in [6.45, 7) is 0. The summed E-state index contributed by atoms with van der Waals surface area (Å²) in [6, 6.07) is 17.3. The highest BCUT2D eigenvalue weighted by Gasteiger charge is 2.22. The first kappa shape index (κ1) is 11.2. The van der Waals surface area contributed by atoms with Gasteiger partial charge in [0.15, 0.2) is 0 Å². The molecule has 0 saturated carbocycles. The molecule has 86 valence electrons. The molecule has 0 spiro atoms. The zero-order valence-electron chi connectivity index (χ0n) is 9.19. The Kier molecular flexibility index (Phi) is 3.12. The Hall–Kier alpha value is -0.930. The minimum absolute atomic E-state index is 0.412. The van der Waals surface area contributed by atoms with Crippen LogP contribution >= 0.6 is 27.7 Å². The normalized spacial score (nSPS) is 17.8. The zero-order valence-corrected chi connectivity index (χ0v) is 11.6. The Morgan fingerprint density at radius 2 is 1.82 bits per heavy atom. The molecule has 2 aromatic rings. The van der Waals surface area contributed by atoms with Gasteiger partial charge in [0.05, 0.1) is 6.04 Å². The van der Waals surface area contributed by atoms with Crippen molar-refractivity contribution in [2.45, 2.75) is 10.9 Å². The maximum Gasteiger partial charge on any atom is 0.0619 e. The first-order valence-electron chi connectivity index (χ1n) is 5.57. The Bertz CT molecular complexity index is 541. The van der Waals surface area contributed by atoms with E-state index in [0.717, 1.165) is 15.9 Å². The summed E-state index contributed by atoms with van der Waals surface area (Å²) in [4.78, 5) is 1.40. The Labute approximate surface area is 114 Å². The largest absolute Gasteiger partial charge is 0.376 e. The predicted molar refractivity (Wildman–Crippen MR) is 77.7 cm³/mol. The van der Waals surface area contributed by atoms with E-state index in [-0.39, 0.29) is 0 Å². The third-order valence-electron chi connectivity index (χ3n) is 2.90. The molecule has 0 aliphatic carbocycles. The second kappa shape index (κ2) is 4.75. The van der Waals surface area contributed by atoms with Gasteiger partial charge in [-0.3, -0.25) is 0 Å². The van der Waals surface area contributed by atoms with Crippen LogP contribution in [-0.4, -0.2) is 5.75 Å². The minimum Gasteiger partial charge on any atom is -0.376 e. The fraction of sp³-hybridized carbons (Fsp3) is 0.143. The molecule has 1 atom stereocenters. The van der Waals surface area contributed by atoms with Gasteiger partial charge in [0, 0.05) is 20.8 Å². The zero-order chi connectivity index (χ0) is 11.7. The lowest BCUT2D eigenvalue weighted by atomic mass is 10.1. The summed E-state index contributed by atoms with van der Waals surface area (Å²) in [5.74, 6) is 1.10. The molecule has 1 aliphatic heterocycles. The molecular weight excluding hydrogens is 294 g/mol. The van der Waals surface area contributed by atoms with Crippen LogP contribution in [0.3, 0.4) is 0 Å². The van der Waals surface area contributed by atoms with Gasteiger partial charge in [-0.15, -0.1) is 11.8 Å². The van der Waals surface area contributed by atoms with Crippen molar-refractivity contribution in [3.8, 4) is 0 Å². The molecule has 0 amide bonds. The third-order valence-corrected chi connectivity index (χ3v) is 4.78. The Balaban J connectivity index is 1.87. The van der Waals surface area contributed by atoms with E-state index in [1.54, 1.807) is 0 Å². The van der Waals surface area contributed by atoms with Crippen molar-refractivity contribution in [2.75, 3.05) is 11.1 Å². The Morgan fingerprint density at radius 3 is 2.71 bits per heavy atom. The quantitative estimate of drug-likeness (QED) is 0.862. The summed E-state index contributed by atoms with van der Waals surface area (Å²) in [7, 11) is 0. The second-order valence-corrected chi connectivity index (χ2v) is 5.94. The predicted octanol–water partition coefficient (Wildman–Crippen LogP) is 4.71. The third kappa shape index (κ3) is 2.22. The maximum absolute atomic E-state index is 3.60. The number of halogens is 1. The van der Waals surface area contributed by atoms with E-state index in [9.17, 15) is 0 Å². The van der Waals surface area contributed by atoms with Gasteiger partial charge in [-0.05, 0) is 39.7 Å². The van der Waals surface area contributed by atoms with Crippen LogP contribution < -0.4 is 5.32 Å². The fourth-order valence-corrected chi connectivity index (χ4v) is 3.61. The summed E-state index contributed by atoms with van der Waals surface area (Å²) in [6.07, 6.45) is 0. The smallest absolute Gasteiger partial charge is 0.0619 e. The molecule has 1 nitrogen and oxygen atoms in total. The van der Waals surface area contributed by atoms with Gasteiger partial charge >= 0.3 is 0 Å². The van der Waals surface area contributed by atoms with Crippen molar-refractivity contribution >= 4 is 33.4 Å². The summed E-state index contributed by atoms with van der Waals surface area (Å²) < 4.78 is 1.12. The molecule has 0 saturated heterocycles. The molecule has 2 aromatic carbocycles. The van der Waals surface area contributed by atoms with Gasteiger partial charge < -0.3 is 5.32 Å². The lowest BCUT2D eigenvalue weighted by molar-refractivity contribution is 0.899. The molecule has 0 bridgehead atoms. The number of nitrogens with one attached hydrogen (secondary N) is 1. The molecule has 3 rings (SSSR count). The maximum atomic E-state index is 3.60. The van der Waals surface area contributed by atoms with E-state index in [0.29, 0.717) is 6.04 Å². The molecule has 1 N–H and O–H groups in total. The first-order valence-corrected chi connectivity index (χ1v) is 7.35. The van der Waals surface area contributed by atoms with E-state index in [1.165, 1.54) is 10.5 Å². The van der Waals surface area contributed by atoms with Crippen LogP contribution in [0.15, 0.2) is 57.9 Å². The van der Waals surface area contributed by atoms with E-state index in [1.807, 2.05) is 17.8 Å². The highest BCUT2D eigenvalue weighted by Crippen LogP contribution is 2.40. The lowest BCUT2D eigenvalue weighted by Crippen LogP contribution is -2.09. The van der Waals surface area contributed by atoms with E-state index in [2.05, 4.69) is 63.7 Å². The van der Waals surface area contributed by atoms with E-state index >= 15 is 0 Å².